The Morgan fingerprint density at radius 3 is 2.71 bits per heavy atom. The molecule has 5 heteroatoms. The molecule has 1 fully saturated rings. The number of esters is 1. The molecule has 4 nitrogen and oxygen atoms in total. The van der Waals surface area contributed by atoms with E-state index < -0.39 is 0 Å². The summed E-state index contributed by atoms with van der Waals surface area (Å²) in [5, 5.41) is 0.926. The zero-order valence-corrected chi connectivity index (χ0v) is 11.3. The number of anilines is 1. The summed E-state index contributed by atoms with van der Waals surface area (Å²) in [5.41, 5.74) is 0.765. The quantitative estimate of drug-likeness (QED) is 0.778. The molecule has 0 spiro atoms. The third-order valence-electron chi connectivity index (χ3n) is 3.33. The van der Waals surface area contributed by atoms with Crippen LogP contribution in [0.25, 0.3) is 0 Å². The van der Waals surface area contributed by atoms with Gasteiger partial charge in [0.1, 0.15) is 4.88 Å². The Balaban J connectivity index is 2.18. The van der Waals surface area contributed by atoms with Gasteiger partial charge in [0.25, 0.3) is 0 Å². The van der Waals surface area contributed by atoms with Crippen molar-refractivity contribution in [1.82, 2.24) is 4.98 Å². The van der Waals surface area contributed by atoms with Gasteiger partial charge < -0.3 is 9.64 Å². The molecule has 1 aromatic rings. The first kappa shape index (κ1) is 12.4. The molecule has 0 unspecified atom stereocenters. The van der Waals surface area contributed by atoms with Gasteiger partial charge in [0.15, 0.2) is 5.13 Å². The van der Waals surface area contributed by atoms with Crippen LogP contribution >= 0.6 is 11.3 Å². The monoisotopic (exact) mass is 254 g/mol. The first-order valence-electron chi connectivity index (χ1n) is 5.92. The highest BCUT2D eigenvalue weighted by molar-refractivity contribution is 7.17. The molecular weight excluding hydrogens is 236 g/mol. The largest absolute Gasteiger partial charge is 0.465 e. The number of aryl methyl sites for hydroxylation is 1. The number of thiazole rings is 1. The summed E-state index contributed by atoms with van der Waals surface area (Å²) in [6, 6.07) is 0.575. The van der Waals surface area contributed by atoms with Gasteiger partial charge in [-0.15, -0.1) is 0 Å². The van der Waals surface area contributed by atoms with E-state index in [0.717, 1.165) is 10.8 Å². The first-order chi connectivity index (χ1) is 8.13. The first-order valence-corrected chi connectivity index (χ1v) is 6.73. The van der Waals surface area contributed by atoms with Crippen molar-refractivity contribution < 1.29 is 9.53 Å². The Hall–Kier alpha value is -1.10. The number of hydrogen-bond acceptors (Lipinski definition) is 5. The van der Waals surface area contributed by atoms with E-state index in [4.69, 9.17) is 4.74 Å². The maximum absolute atomic E-state index is 11.5. The van der Waals surface area contributed by atoms with Crippen LogP contribution in [0.2, 0.25) is 0 Å². The molecule has 2 rings (SSSR count). The van der Waals surface area contributed by atoms with Crippen LogP contribution in [0.3, 0.4) is 0 Å². The molecule has 0 aromatic carbocycles. The summed E-state index contributed by atoms with van der Waals surface area (Å²) in [6.07, 6.45) is 5.04. The van der Waals surface area contributed by atoms with Crippen molar-refractivity contribution in [3.8, 4) is 0 Å². The summed E-state index contributed by atoms with van der Waals surface area (Å²) in [6.45, 7) is 1.86. The van der Waals surface area contributed by atoms with E-state index >= 15 is 0 Å². The van der Waals surface area contributed by atoms with E-state index in [0.29, 0.717) is 10.9 Å². The van der Waals surface area contributed by atoms with Gasteiger partial charge in [-0.25, -0.2) is 9.78 Å². The smallest absolute Gasteiger partial charge is 0.350 e. The van der Waals surface area contributed by atoms with Gasteiger partial charge in [-0.2, -0.15) is 0 Å². The summed E-state index contributed by atoms with van der Waals surface area (Å²) < 4.78 is 4.75. The lowest BCUT2D eigenvalue weighted by molar-refractivity contribution is 0.0605. The summed E-state index contributed by atoms with van der Waals surface area (Å²) in [7, 11) is 3.47. The van der Waals surface area contributed by atoms with Gasteiger partial charge in [-0.1, -0.05) is 24.2 Å². The minimum absolute atomic E-state index is 0.286. The SMILES string of the molecule is COC(=O)c1sc(N(C)C2CCCC2)nc1C. The lowest BCUT2D eigenvalue weighted by atomic mass is 10.2. The minimum atomic E-state index is -0.286. The molecule has 17 heavy (non-hydrogen) atoms. The van der Waals surface area contributed by atoms with Crippen LogP contribution in [0.4, 0.5) is 5.13 Å². The second-order valence-electron chi connectivity index (χ2n) is 4.45. The normalized spacial score (nSPS) is 16.2. The van der Waals surface area contributed by atoms with E-state index in [9.17, 15) is 4.79 Å². The Kier molecular flexibility index (Phi) is 3.66. The van der Waals surface area contributed by atoms with Crippen LogP contribution in [0.1, 0.15) is 41.0 Å². The highest BCUT2D eigenvalue weighted by Crippen LogP contribution is 2.31. The lowest BCUT2D eigenvalue weighted by Gasteiger charge is -2.23. The van der Waals surface area contributed by atoms with Gasteiger partial charge in [0.05, 0.1) is 12.8 Å². The van der Waals surface area contributed by atoms with Gasteiger partial charge >= 0.3 is 5.97 Å². The number of carbonyl (C=O) groups excluding carboxylic acids is 1. The molecule has 0 atom stereocenters. The summed E-state index contributed by atoms with van der Waals surface area (Å²) in [4.78, 5) is 18.8. The van der Waals surface area contributed by atoms with Crippen molar-refractivity contribution in [2.75, 3.05) is 19.1 Å². The number of carbonyl (C=O) groups is 1. The fourth-order valence-corrected chi connectivity index (χ4v) is 3.28. The molecule has 1 aromatic heterocycles. The van der Waals surface area contributed by atoms with Crippen LogP contribution in [0.15, 0.2) is 0 Å². The van der Waals surface area contributed by atoms with Gasteiger partial charge in [0.2, 0.25) is 0 Å². The molecule has 1 aliphatic carbocycles. The van der Waals surface area contributed by atoms with Gasteiger partial charge in [0, 0.05) is 13.1 Å². The van der Waals surface area contributed by atoms with Crippen molar-refractivity contribution in [3.05, 3.63) is 10.6 Å². The van der Waals surface area contributed by atoms with Gasteiger partial charge in [-0.05, 0) is 19.8 Å². The van der Waals surface area contributed by atoms with Crippen molar-refractivity contribution in [2.24, 2.45) is 0 Å². The highest BCUT2D eigenvalue weighted by Gasteiger charge is 2.24. The maximum Gasteiger partial charge on any atom is 0.350 e. The van der Waals surface area contributed by atoms with E-state index in [1.807, 2.05) is 6.92 Å². The van der Waals surface area contributed by atoms with Crippen LogP contribution in [-0.4, -0.2) is 31.2 Å². The van der Waals surface area contributed by atoms with E-state index in [-0.39, 0.29) is 5.97 Å². The van der Waals surface area contributed by atoms with Crippen molar-refractivity contribution in [1.29, 1.82) is 0 Å². The predicted octanol–water partition coefficient (Wildman–Crippen LogP) is 2.62. The van der Waals surface area contributed by atoms with Crippen molar-refractivity contribution >= 4 is 22.4 Å². The molecule has 0 radical (unpaired) electrons. The minimum Gasteiger partial charge on any atom is -0.465 e. The second-order valence-corrected chi connectivity index (χ2v) is 5.43. The fourth-order valence-electron chi connectivity index (χ4n) is 2.26. The molecule has 94 valence electrons. The number of rotatable bonds is 3. The summed E-state index contributed by atoms with van der Waals surface area (Å²) in [5.74, 6) is -0.286. The Morgan fingerprint density at radius 1 is 1.47 bits per heavy atom. The van der Waals surface area contributed by atoms with E-state index in [2.05, 4.69) is 16.9 Å². The molecule has 0 amide bonds. The average Bonchev–Trinajstić information content (AvgIpc) is 2.96. The molecule has 1 heterocycles. The number of aromatic nitrogens is 1. The standard InChI is InChI=1S/C12H18N2O2S/c1-8-10(11(15)16-3)17-12(13-8)14(2)9-6-4-5-7-9/h9H,4-7H2,1-3H3. The number of ether oxygens (including phenoxy) is 1. The molecular formula is C12H18N2O2S. The van der Waals surface area contributed by atoms with Crippen LogP contribution in [-0.2, 0) is 4.74 Å². The number of hydrogen-bond donors (Lipinski definition) is 0. The average molecular weight is 254 g/mol. The molecule has 0 bridgehead atoms. The second kappa shape index (κ2) is 5.04. The van der Waals surface area contributed by atoms with Crippen LogP contribution in [0.5, 0.6) is 0 Å². The number of nitrogens with zero attached hydrogens (tertiary/aromatic N) is 2. The molecule has 1 aliphatic rings. The highest BCUT2D eigenvalue weighted by atomic mass is 32.1. The third-order valence-corrected chi connectivity index (χ3v) is 4.56. The number of methoxy groups -OCH3 is 1. The van der Waals surface area contributed by atoms with Gasteiger partial charge in [-0.3, -0.25) is 0 Å². The fraction of sp³-hybridized carbons (Fsp3) is 0.667. The Labute approximate surface area is 106 Å². The molecule has 1 saturated carbocycles. The topological polar surface area (TPSA) is 42.4 Å². The summed E-state index contributed by atoms with van der Waals surface area (Å²) >= 11 is 1.43. The Morgan fingerprint density at radius 2 is 2.12 bits per heavy atom. The van der Waals surface area contributed by atoms with Crippen molar-refractivity contribution in [3.63, 3.8) is 0 Å². The molecule has 0 N–H and O–H groups in total. The lowest BCUT2D eigenvalue weighted by Crippen LogP contribution is -2.28. The Bertz CT molecular complexity index is 411. The predicted molar refractivity (Wildman–Crippen MR) is 68.8 cm³/mol. The van der Waals surface area contributed by atoms with Crippen LogP contribution < -0.4 is 4.90 Å². The van der Waals surface area contributed by atoms with E-state index in [1.165, 1.54) is 44.1 Å². The van der Waals surface area contributed by atoms with Crippen LogP contribution in [0, 0.1) is 6.92 Å². The van der Waals surface area contributed by atoms with E-state index in [1.54, 1.807) is 0 Å². The molecule has 0 aliphatic heterocycles. The maximum atomic E-state index is 11.5. The third kappa shape index (κ3) is 2.44. The molecule has 0 saturated heterocycles. The zero-order valence-electron chi connectivity index (χ0n) is 10.5. The zero-order chi connectivity index (χ0) is 12.4. The van der Waals surface area contributed by atoms with Crippen molar-refractivity contribution in [2.45, 2.75) is 38.6 Å².